The third-order valence-corrected chi connectivity index (χ3v) is 2.03. The van der Waals surface area contributed by atoms with Gasteiger partial charge in [-0.05, 0) is 0 Å². The molecule has 0 spiro atoms. The van der Waals surface area contributed by atoms with Crippen LogP contribution in [0.1, 0.15) is 19.3 Å². The molecular formula is C11H16Na4O12. The maximum absolute atomic E-state index is 11.1. The van der Waals surface area contributed by atoms with Crippen LogP contribution >= 0.6 is 0 Å². The number of aliphatic carboxylic acids is 2. The summed E-state index contributed by atoms with van der Waals surface area (Å²) >= 11 is 0. The summed E-state index contributed by atoms with van der Waals surface area (Å²) in [6.07, 6.45) is -7.48. The van der Waals surface area contributed by atoms with E-state index in [1.165, 1.54) is 0 Å². The van der Waals surface area contributed by atoms with Gasteiger partial charge in [0.05, 0.1) is 12.8 Å². The predicted molar refractivity (Wildman–Crippen MR) is 91.9 cm³/mol. The normalized spacial score (nSPS) is 10.7. The molecule has 2 atom stereocenters. The number of carboxylic acids is 2. The number of carbonyl (C=O) groups excluding carboxylic acids is 4. The summed E-state index contributed by atoms with van der Waals surface area (Å²) in [5, 5.41) is 34.2. The molecule has 16 heteroatoms. The van der Waals surface area contributed by atoms with E-state index in [-0.39, 0.29) is 118 Å². The summed E-state index contributed by atoms with van der Waals surface area (Å²) < 4.78 is 7.97. The summed E-state index contributed by atoms with van der Waals surface area (Å²) in [5.41, 5.74) is 0. The Labute approximate surface area is 240 Å². The molecule has 0 fully saturated rings. The van der Waals surface area contributed by atoms with Crippen LogP contribution < -0.4 is 0 Å². The van der Waals surface area contributed by atoms with Gasteiger partial charge in [-0.2, -0.15) is 0 Å². The van der Waals surface area contributed by atoms with Crippen molar-refractivity contribution in [3.8, 4) is 0 Å². The van der Waals surface area contributed by atoms with Crippen LogP contribution in [0.2, 0.25) is 0 Å². The van der Waals surface area contributed by atoms with E-state index in [1.54, 1.807) is 0 Å². The van der Waals surface area contributed by atoms with Gasteiger partial charge in [-0.25, -0.2) is 9.59 Å². The van der Waals surface area contributed by atoms with Crippen molar-refractivity contribution in [2.24, 2.45) is 0 Å². The second-order valence-electron chi connectivity index (χ2n) is 3.99. The van der Waals surface area contributed by atoms with Crippen molar-refractivity contribution in [1.82, 2.24) is 0 Å². The van der Waals surface area contributed by atoms with Crippen molar-refractivity contribution in [3.63, 3.8) is 0 Å². The fourth-order valence-electron chi connectivity index (χ4n) is 1.02. The number of aliphatic hydroxyl groups is 2. The topological polar surface area (TPSA) is 202 Å². The van der Waals surface area contributed by atoms with Gasteiger partial charge in [0, 0.05) is 0 Å². The Morgan fingerprint density at radius 2 is 0.852 bits per heavy atom. The van der Waals surface area contributed by atoms with E-state index in [0.29, 0.717) is 0 Å². The van der Waals surface area contributed by atoms with E-state index in [9.17, 15) is 28.8 Å². The molecule has 0 aromatic heterocycles. The zero-order chi connectivity index (χ0) is 18.2. The van der Waals surface area contributed by atoms with Gasteiger partial charge < -0.3 is 29.9 Å². The fraction of sp³-hybridized carbons (Fsp3) is 0.455. The summed E-state index contributed by atoms with van der Waals surface area (Å²) in [6.45, 7) is 0. The third kappa shape index (κ3) is 20.2. The zero-order valence-corrected chi connectivity index (χ0v) is 11.3. The molecule has 0 aliphatic carbocycles. The third-order valence-electron chi connectivity index (χ3n) is 2.03. The standard InChI is InChI=1S/C11H12O12.4Na.4H/c12-4(10(18)19)1-6(14)22-8(16)3-9(17)23-7(15)2-5(13)11(20)21;;;;;;;;/h4-5,12-13H,1-3H2,(H,18,19)(H,20,21);;;;;;;;. The van der Waals surface area contributed by atoms with Gasteiger partial charge in [0.15, 0.2) is 12.2 Å². The monoisotopic (exact) mass is 432 g/mol. The van der Waals surface area contributed by atoms with Crippen LogP contribution in [0.4, 0.5) is 0 Å². The molecule has 0 bridgehead atoms. The van der Waals surface area contributed by atoms with E-state index in [0.717, 1.165) is 0 Å². The first-order valence-electron chi connectivity index (χ1n) is 5.81. The van der Waals surface area contributed by atoms with Crippen LogP contribution in [0, 0.1) is 0 Å². The van der Waals surface area contributed by atoms with Gasteiger partial charge in [-0.3, -0.25) is 19.2 Å². The van der Waals surface area contributed by atoms with Crippen LogP contribution in [-0.2, 0) is 38.2 Å². The number of ether oxygens (including phenoxy) is 2. The molecule has 4 N–H and O–H groups in total. The van der Waals surface area contributed by atoms with Crippen molar-refractivity contribution < 1.29 is 58.7 Å². The molecule has 0 aliphatic rings. The molecule has 0 radical (unpaired) electrons. The minimum atomic E-state index is -2.10. The van der Waals surface area contributed by atoms with Crippen molar-refractivity contribution in [2.75, 3.05) is 0 Å². The zero-order valence-electron chi connectivity index (χ0n) is 11.3. The second-order valence-corrected chi connectivity index (χ2v) is 3.99. The van der Waals surface area contributed by atoms with Crippen molar-refractivity contribution in [2.45, 2.75) is 31.5 Å². The Morgan fingerprint density at radius 1 is 0.593 bits per heavy atom. The van der Waals surface area contributed by atoms with Crippen molar-refractivity contribution in [3.05, 3.63) is 0 Å². The molecule has 0 saturated carbocycles. The molecule has 0 amide bonds. The van der Waals surface area contributed by atoms with Gasteiger partial charge in [-0.1, -0.05) is 0 Å². The predicted octanol–water partition coefficient (Wildman–Crippen LogP) is -5.41. The van der Waals surface area contributed by atoms with E-state index in [1.807, 2.05) is 0 Å². The number of hydrogen-bond donors (Lipinski definition) is 4. The number of esters is 4. The van der Waals surface area contributed by atoms with Gasteiger partial charge in [0.2, 0.25) is 0 Å². The Kier molecular flexibility index (Phi) is 29.3. The summed E-state index contributed by atoms with van der Waals surface area (Å²) in [6, 6.07) is 0. The number of carboxylic acid groups (broad SMARTS) is 2. The first kappa shape index (κ1) is 38.7. The van der Waals surface area contributed by atoms with E-state index >= 15 is 0 Å². The second kappa shape index (κ2) is 20.4. The van der Waals surface area contributed by atoms with E-state index < -0.39 is 67.3 Å². The molecule has 27 heavy (non-hydrogen) atoms. The first-order valence-corrected chi connectivity index (χ1v) is 5.81. The number of aliphatic hydroxyl groups excluding tert-OH is 2. The summed E-state index contributed by atoms with van der Waals surface area (Å²) in [4.78, 5) is 64.7. The van der Waals surface area contributed by atoms with E-state index in [2.05, 4.69) is 9.47 Å². The molecule has 12 nitrogen and oxygen atoms in total. The van der Waals surface area contributed by atoms with Gasteiger partial charge in [0.25, 0.3) is 0 Å². The number of hydrogen-bond acceptors (Lipinski definition) is 10. The molecule has 0 aliphatic heterocycles. The van der Waals surface area contributed by atoms with E-state index in [4.69, 9.17) is 20.4 Å². The Bertz CT molecular complexity index is 491. The van der Waals surface area contributed by atoms with Gasteiger partial charge in [-0.15, -0.1) is 0 Å². The molecule has 2 unspecified atom stereocenters. The minimum absolute atomic E-state index is 0. The summed E-state index contributed by atoms with van der Waals surface area (Å²) in [7, 11) is 0. The maximum atomic E-state index is 11.1. The van der Waals surface area contributed by atoms with Crippen LogP contribution in [0.15, 0.2) is 0 Å². The van der Waals surface area contributed by atoms with Gasteiger partial charge in [0.1, 0.15) is 6.42 Å². The Morgan fingerprint density at radius 3 is 1.07 bits per heavy atom. The Hall–Kier alpha value is 1.14. The molecule has 0 aromatic rings. The van der Waals surface area contributed by atoms with Gasteiger partial charge >= 0.3 is 154 Å². The molecule has 0 saturated heterocycles. The average molecular weight is 432 g/mol. The molecule has 0 rings (SSSR count). The SMILES string of the molecule is O=C(CC(=O)OC(=O)CC(O)C(=O)O)OC(=O)CC(O)C(=O)O.[NaH].[NaH].[NaH].[NaH]. The Balaban J connectivity index is -0.000000403. The van der Waals surface area contributed by atoms with Crippen molar-refractivity contribution in [1.29, 1.82) is 0 Å². The summed E-state index contributed by atoms with van der Waals surface area (Å²) in [5.74, 6) is -9.27. The fourth-order valence-corrected chi connectivity index (χ4v) is 1.02. The quantitative estimate of drug-likeness (QED) is 0.161. The molecule has 136 valence electrons. The number of carbonyl (C=O) groups is 6. The molecule has 0 heterocycles. The number of rotatable bonds is 8. The van der Waals surface area contributed by atoms with Crippen LogP contribution in [-0.4, -0.2) is 187 Å². The molecular weight excluding hydrogens is 416 g/mol. The van der Waals surface area contributed by atoms with Crippen LogP contribution in [0.25, 0.3) is 0 Å². The van der Waals surface area contributed by atoms with Crippen LogP contribution in [0.5, 0.6) is 0 Å². The van der Waals surface area contributed by atoms with Crippen molar-refractivity contribution >= 4 is 154 Å². The first-order chi connectivity index (χ1) is 10.5. The average Bonchev–Trinajstić information content (AvgIpc) is 2.36. The molecule has 0 aromatic carbocycles. The van der Waals surface area contributed by atoms with Crippen LogP contribution in [0.3, 0.4) is 0 Å².